The summed E-state index contributed by atoms with van der Waals surface area (Å²) in [5.41, 5.74) is 1.20. The summed E-state index contributed by atoms with van der Waals surface area (Å²) in [6, 6.07) is 8.31. The fourth-order valence-electron chi connectivity index (χ4n) is 3.43. The Hall–Kier alpha value is -1.92. The number of β-amino-alcohol motifs (C(OH)–C–C–N with tert-alkyl or cyclic N) is 1. The van der Waals surface area contributed by atoms with Gasteiger partial charge in [-0.15, -0.1) is 0 Å². The van der Waals surface area contributed by atoms with E-state index in [4.69, 9.17) is 4.74 Å². The molecule has 0 radical (unpaired) electrons. The third kappa shape index (κ3) is 4.80. The molecule has 1 saturated heterocycles. The first-order chi connectivity index (χ1) is 12.0. The van der Waals surface area contributed by atoms with E-state index in [1.54, 1.807) is 0 Å². The SMILES string of the molecule is Cc1ccc(OC[C@@H](O)CN2CCC[C@H]2Cn2nc(C)nc2C)cc1. The smallest absolute Gasteiger partial charge is 0.147 e. The van der Waals surface area contributed by atoms with Gasteiger partial charge in [-0.3, -0.25) is 4.90 Å². The molecule has 0 spiro atoms. The van der Waals surface area contributed by atoms with Crippen molar-refractivity contribution in [1.29, 1.82) is 0 Å². The Bertz CT molecular complexity index is 683. The second-order valence-electron chi connectivity index (χ2n) is 6.96. The lowest BCUT2D eigenvalue weighted by Gasteiger charge is -2.27. The molecule has 0 amide bonds. The zero-order valence-electron chi connectivity index (χ0n) is 15.4. The molecule has 1 aromatic heterocycles. The summed E-state index contributed by atoms with van der Waals surface area (Å²) in [6.07, 6.45) is 1.78. The third-order valence-electron chi connectivity index (χ3n) is 4.75. The summed E-state index contributed by atoms with van der Waals surface area (Å²) in [4.78, 5) is 6.72. The van der Waals surface area contributed by atoms with Gasteiger partial charge in [0.05, 0.1) is 6.54 Å². The van der Waals surface area contributed by atoms with E-state index < -0.39 is 6.10 Å². The van der Waals surface area contributed by atoms with Crippen molar-refractivity contribution in [2.45, 2.75) is 52.3 Å². The van der Waals surface area contributed by atoms with Crippen LogP contribution in [0.1, 0.15) is 30.1 Å². The summed E-state index contributed by atoms with van der Waals surface area (Å²) < 4.78 is 7.68. The molecule has 2 aromatic rings. The number of aromatic nitrogens is 3. The molecular formula is C19H28N4O2. The Morgan fingerprint density at radius 1 is 1.24 bits per heavy atom. The molecule has 25 heavy (non-hydrogen) atoms. The van der Waals surface area contributed by atoms with Gasteiger partial charge in [-0.05, 0) is 52.3 Å². The minimum absolute atomic E-state index is 0.313. The molecule has 0 bridgehead atoms. The maximum Gasteiger partial charge on any atom is 0.147 e. The summed E-state index contributed by atoms with van der Waals surface area (Å²) >= 11 is 0. The van der Waals surface area contributed by atoms with E-state index in [0.29, 0.717) is 19.2 Å². The minimum Gasteiger partial charge on any atom is -0.491 e. The average molecular weight is 344 g/mol. The lowest BCUT2D eigenvalue weighted by molar-refractivity contribution is 0.0608. The Labute approximate surface area is 149 Å². The van der Waals surface area contributed by atoms with Crippen LogP contribution in [0.15, 0.2) is 24.3 Å². The molecule has 136 valence electrons. The van der Waals surface area contributed by atoms with E-state index in [2.05, 4.69) is 15.0 Å². The number of aliphatic hydroxyl groups is 1. The van der Waals surface area contributed by atoms with Crippen molar-refractivity contribution in [3.63, 3.8) is 0 Å². The highest BCUT2D eigenvalue weighted by Gasteiger charge is 2.27. The predicted molar refractivity (Wildman–Crippen MR) is 96.8 cm³/mol. The van der Waals surface area contributed by atoms with Crippen LogP contribution in [-0.2, 0) is 6.54 Å². The molecule has 6 heteroatoms. The molecule has 0 saturated carbocycles. The number of aryl methyl sites for hydroxylation is 3. The first-order valence-electron chi connectivity index (χ1n) is 9.01. The second-order valence-corrected chi connectivity index (χ2v) is 6.96. The largest absolute Gasteiger partial charge is 0.491 e. The average Bonchev–Trinajstić information content (AvgIpc) is 3.13. The van der Waals surface area contributed by atoms with Crippen LogP contribution in [0.2, 0.25) is 0 Å². The minimum atomic E-state index is -0.500. The molecule has 1 aromatic carbocycles. The summed E-state index contributed by atoms with van der Waals surface area (Å²) in [6.45, 7) is 8.74. The number of ether oxygens (including phenoxy) is 1. The van der Waals surface area contributed by atoms with Crippen molar-refractivity contribution in [1.82, 2.24) is 19.7 Å². The van der Waals surface area contributed by atoms with Crippen molar-refractivity contribution in [3.8, 4) is 5.75 Å². The van der Waals surface area contributed by atoms with Gasteiger partial charge in [-0.25, -0.2) is 9.67 Å². The zero-order chi connectivity index (χ0) is 17.8. The van der Waals surface area contributed by atoms with E-state index in [1.807, 2.05) is 49.7 Å². The van der Waals surface area contributed by atoms with Gasteiger partial charge >= 0.3 is 0 Å². The molecule has 1 aliphatic heterocycles. The number of hydrogen-bond donors (Lipinski definition) is 1. The van der Waals surface area contributed by atoms with E-state index in [9.17, 15) is 5.11 Å². The number of likely N-dealkylation sites (tertiary alicyclic amines) is 1. The van der Waals surface area contributed by atoms with Gasteiger partial charge in [-0.1, -0.05) is 17.7 Å². The topological polar surface area (TPSA) is 63.4 Å². The van der Waals surface area contributed by atoms with Crippen LogP contribution in [-0.4, -0.2) is 56.6 Å². The Kier molecular flexibility index (Phi) is 5.71. The van der Waals surface area contributed by atoms with Crippen LogP contribution < -0.4 is 4.74 Å². The van der Waals surface area contributed by atoms with Crippen molar-refractivity contribution >= 4 is 0 Å². The normalized spacial score (nSPS) is 19.3. The number of hydrogen-bond acceptors (Lipinski definition) is 5. The first-order valence-corrected chi connectivity index (χ1v) is 9.01. The lowest BCUT2D eigenvalue weighted by atomic mass is 10.2. The van der Waals surface area contributed by atoms with Gasteiger partial charge in [-0.2, -0.15) is 5.10 Å². The van der Waals surface area contributed by atoms with Gasteiger partial charge in [0, 0.05) is 12.6 Å². The lowest BCUT2D eigenvalue weighted by Crippen LogP contribution is -2.40. The fraction of sp³-hybridized carbons (Fsp3) is 0.579. The second kappa shape index (κ2) is 7.97. The van der Waals surface area contributed by atoms with E-state index in [-0.39, 0.29) is 0 Å². The fourth-order valence-corrected chi connectivity index (χ4v) is 3.43. The van der Waals surface area contributed by atoms with Crippen molar-refractivity contribution in [3.05, 3.63) is 41.5 Å². The first kappa shape index (κ1) is 17.9. The van der Waals surface area contributed by atoms with Gasteiger partial charge in [0.15, 0.2) is 0 Å². The standard InChI is InChI=1S/C19H28N4O2/c1-14-6-8-19(9-7-14)25-13-18(24)12-22-10-4-5-17(22)11-23-16(3)20-15(2)21-23/h6-9,17-18,24H,4-5,10-13H2,1-3H3/t17-,18-/m0/s1. The highest BCUT2D eigenvalue weighted by Crippen LogP contribution is 2.20. The Morgan fingerprint density at radius 3 is 2.68 bits per heavy atom. The molecule has 6 nitrogen and oxygen atoms in total. The highest BCUT2D eigenvalue weighted by atomic mass is 16.5. The van der Waals surface area contributed by atoms with Crippen LogP contribution in [0.3, 0.4) is 0 Å². The quantitative estimate of drug-likeness (QED) is 0.833. The molecular weight excluding hydrogens is 316 g/mol. The number of nitrogens with zero attached hydrogens (tertiary/aromatic N) is 4. The molecule has 2 heterocycles. The summed E-state index contributed by atoms with van der Waals surface area (Å²) in [7, 11) is 0. The number of benzene rings is 1. The Balaban J connectivity index is 1.50. The number of aliphatic hydroxyl groups excluding tert-OH is 1. The highest BCUT2D eigenvalue weighted by molar-refractivity contribution is 5.26. The summed E-state index contributed by atoms with van der Waals surface area (Å²) in [5.74, 6) is 2.57. The van der Waals surface area contributed by atoms with E-state index >= 15 is 0 Å². The predicted octanol–water partition coefficient (Wildman–Crippen LogP) is 2.11. The third-order valence-corrected chi connectivity index (χ3v) is 4.75. The molecule has 0 unspecified atom stereocenters. The summed E-state index contributed by atoms with van der Waals surface area (Å²) in [5, 5.41) is 14.8. The van der Waals surface area contributed by atoms with Gasteiger partial charge < -0.3 is 9.84 Å². The monoisotopic (exact) mass is 344 g/mol. The van der Waals surface area contributed by atoms with Gasteiger partial charge in [0.2, 0.25) is 0 Å². The van der Waals surface area contributed by atoms with Crippen LogP contribution >= 0.6 is 0 Å². The maximum absolute atomic E-state index is 10.4. The zero-order valence-corrected chi connectivity index (χ0v) is 15.4. The molecule has 1 fully saturated rings. The van der Waals surface area contributed by atoms with Crippen LogP contribution in [0.25, 0.3) is 0 Å². The molecule has 2 atom stereocenters. The van der Waals surface area contributed by atoms with Crippen LogP contribution in [0.4, 0.5) is 0 Å². The van der Waals surface area contributed by atoms with Crippen molar-refractivity contribution in [2.24, 2.45) is 0 Å². The van der Waals surface area contributed by atoms with Crippen LogP contribution in [0, 0.1) is 20.8 Å². The van der Waals surface area contributed by atoms with Crippen LogP contribution in [0.5, 0.6) is 5.75 Å². The Morgan fingerprint density at radius 2 is 2.00 bits per heavy atom. The number of rotatable bonds is 7. The molecule has 1 aliphatic rings. The van der Waals surface area contributed by atoms with Crippen molar-refractivity contribution < 1.29 is 9.84 Å². The molecule has 1 N–H and O–H groups in total. The van der Waals surface area contributed by atoms with Gasteiger partial charge in [0.25, 0.3) is 0 Å². The van der Waals surface area contributed by atoms with E-state index in [1.165, 1.54) is 5.56 Å². The van der Waals surface area contributed by atoms with Crippen molar-refractivity contribution in [2.75, 3.05) is 19.7 Å². The van der Waals surface area contributed by atoms with Gasteiger partial charge in [0.1, 0.15) is 30.1 Å². The van der Waals surface area contributed by atoms with E-state index in [0.717, 1.165) is 43.3 Å². The maximum atomic E-state index is 10.4. The molecule has 0 aliphatic carbocycles. The molecule has 3 rings (SSSR count).